The van der Waals surface area contributed by atoms with E-state index in [0.717, 1.165) is 32.2 Å². The van der Waals surface area contributed by atoms with Gasteiger partial charge in [0.2, 0.25) is 11.8 Å². The average Bonchev–Trinajstić information content (AvgIpc) is 3.21. The molecule has 0 bridgehead atoms. The van der Waals surface area contributed by atoms with Gasteiger partial charge >= 0.3 is 0 Å². The lowest BCUT2D eigenvalue weighted by Crippen LogP contribution is -2.46. The lowest BCUT2D eigenvalue weighted by atomic mass is 10.2. The van der Waals surface area contributed by atoms with Crippen LogP contribution in [0.3, 0.4) is 0 Å². The molecule has 2 fully saturated rings. The molecule has 5 nitrogen and oxygen atoms in total. The van der Waals surface area contributed by atoms with Crippen molar-refractivity contribution >= 4 is 40.7 Å². The molecule has 1 saturated heterocycles. The van der Waals surface area contributed by atoms with Gasteiger partial charge in [0.25, 0.3) is 0 Å². The second kappa shape index (κ2) is 8.39. The van der Waals surface area contributed by atoms with Gasteiger partial charge in [-0.15, -0.1) is 0 Å². The van der Waals surface area contributed by atoms with Gasteiger partial charge in [-0.25, -0.2) is 0 Å². The van der Waals surface area contributed by atoms with Gasteiger partial charge < -0.3 is 10.6 Å². The van der Waals surface area contributed by atoms with Crippen molar-refractivity contribution in [2.45, 2.75) is 50.6 Å². The highest BCUT2D eigenvalue weighted by molar-refractivity contribution is 6.36. The molecule has 1 aromatic carbocycles. The maximum absolute atomic E-state index is 12.6. The van der Waals surface area contributed by atoms with Gasteiger partial charge in [0.1, 0.15) is 0 Å². The normalized spacial score (nSPS) is 21.4. The number of hydrogen-bond acceptors (Lipinski definition) is 3. The maximum atomic E-state index is 12.6. The number of nitrogens with one attached hydrogen (secondary N) is 2. The predicted octanol–water partition coefficient (Wildman–Crippen LogP) is 3.46. The van der Waals surface area contributed by atoms with Crippen LogP contribution in [0.1, 0.15) is 38.5 Å². The third-order valence-corrected chi connectivity index (χ3v) is 5.47. The van der Waals surface area contributed by atoms with Crippen molar-refractivity contribution in [2.24, 2.45) is 0 Å². The van der Waals surface area contributed by atoms with Gasteiger partial charge in [0.05, 0.1) is 23.3 Å². The van der Waals surface area contributed by atoms with Crippen molar-refractivity contribution in [3.05, 3.63) is 28.2 Å². The Kier molecular flexibility index (Phi) is 6.20. The van der Waals surface area contributed by atoms with Crippen molar-refractivity contribution in [3.63, 3.8) is 0 Å². The summed E-state index contributed by atoms with van der Waals surface area (Å²) in [6, 6.07) is 4.97. The summed E-state index contributed by atoms with van der Waals surface area (Å²) in [6.45, 7) is 1.02. The summed E-state index contributed by atoms with van der Waals surface area (Å²) >= 11 is 12.0. The van der Waals surface area contributed by atoms with E-state index in [1.165, 1.54) is 12.8 Å². The largest absolute Gasteiger partial charge is 0.352 e. The number of benzene rings is 1. The number of carbonyl (C=O) groups excluding carboxylic acids is 2. The van der Waals surface area contributed by atoms with E-state index in [4.69, 9.17) is 23.2 Å². The van der Waals surface area contributed by atoms with Crippen LogP contribution in [-0.4, -0.2) is 41.9 Å². The van der Waals surface area contributed by atoms with Gasteiger partial charge in [0, 0.05) is 11.1 Å². The molecule has 1 aromatic rings. The summed E-state index contributed by atoms with van der Waals surface area (Å²) in [5, 5.41) is 6.86. The van der Waals surface area contributed by atoms with E-state index in [2.05, 4.69) is 10.6 Å². The highest BCUT2D eigenvalue weighted by atomic mass is 35.5. The maximum Gasteiger partial charge on any atom is 0.241 e. The average molecular weight is 384 g/mol. The van der Waals surface area contributed by atoms with Crippen LogP contribution in [0.4, 0.5) is 5.69 Å². The van der Waals surface area contributed by atoms with Gasteiger partial charge in [-0.05, 0) is 50.4 Å². The van der Waals surface area contributed by atoms with Crippen molar-refractivity contribution < 1.29 is 9.59 Å². The van der Waals surface area contributed by atoms with E-state index in [-0.39, 0.29) is 24.4 Å². The summed E-state index contributed by atoms with van der Waals surface area (Å²) < 4.78 is 0. The number of anilines is 1. The Bertz CT molecular complexity index is 647. The first-order chi connectivity index (χ1) is 12.0. The summed E-state index contributed by atoms with van der Waals surface area (Å²) in [4.78, 5) is 26.8. The quantitative estimate of drug-likeness (QED) is 0.818. The molecule has 136 valence electrons. The Hall–Kier alpha value is -1.30. The molecule has 25 heavy (non-hydrogen) atoms. The van der Waals surface area contributed by atoms with Crippen LogP contribution >= 0.6 is 23.2 Å². The number of rotatable bonds is 5. The number of nitrogens with zero attached hydrogens (tertiary/aromatic N) is 1. The third-order valence-electron chi connectivity index (χ3n) is 4.92. The fraction of sp³-hybridized carbons (Fsp3) is 0.556. The summed E-state index contributed by atoms with van der Waals surface area (Å²) in [6.07, 6.45) is 6.13. The highest BCUT2D eigenvalue weighted by Crippen LogP contribution is 2.27. The van der Waals surface area contributed by atoms with Gasteiger partial charge in [0.15, 0.2) is 0 Å². The molecule has 0 radical (unpaired) electrons. The molecule has 1 saturated carbocycles. The third kappa shape index (κ3) is 4.87. The predicted molar refractivity (Wildman–Crippen MR) is 100 cm³/mol. The molecular formula is C18H23Cl2N3O2. The Morgan fingerprint density at radius 1 is 1.12 bits per heavy atom. The summed E-state index contributed by atoms with van der Waals surface area (Å²) in [5.41, 5.74) is 0.540. The molecule has 0 aromatic heterocycles. The van der Waals surface area contributed by atoms with Gasteiger partial charge in [-0.1, -0.05) is 36.0 Å². The summed E-state index contributed by atoms with van der Waals surface area (Å²) in [5.74, 6) is -0.119. The minimum absolute atomic E-state index is 0.0103. The fourth-order valence-corrected chi connectivity index (χ4v) is 4.10. The van der Waals surface area contributed by atoms with Gasteiger partial charge in [-0.2, -0.15) is 0 Å². The minimum Gasteiger partial charge on any atom is -0.352 e. The van der Waals surface area contributed by atoms with E-state index < -0.39 is 0 Å². The lowest BCUT2D eigenvalue weighted by Gasteiger charge is -2.24. The first-order valence-electron chi connectivity index (χ1n) is 8.82. The lowest BCUT2D eigenvalue weighted by molar-refractivity contribution is -0.125. The van der Waals surface area contributed by atoms with Crippen LogP contribution in [0, 0.1) is 0 Å². The number of hydrogen-bond donors (Lipinski definition) is 2. The van der Waals surface area contributed by atoms with Crippen molar-refractivity contribution in [2.75, 3.05) is 18.4 Å². The van der Waals surface area contributed by atoms with Crippen LogP contribution in [0.2, 0.25) is 10.0 Å². The number of halogens is 2. The van der Waals surface area contributed by atoms with Crippen molar-refractivity contribution in [3.8, 4) is 0 Å². The van der Waals surface area contributed by atoms with Crippen LogP contribution < -0.4 is 10.6 Å². The van der Waals surface area contributed by atoms with E-state index in [1.807, 2.05) is 4.90 Å². The number of amides is 2. The van der Waals surface area contributed by atoms with Crippen LogP contribution in [-0.2, 0) is 9.59 Å². The second-order valence-corrected chi connectivity index (χ2v) is 7.63. The molecule has 1 aliphatic heterocycles. The standard InChI is InChI=1S/C18H23Cl2N3O2/c19-12-7-8-15(14(20)10-12)22-18(25)16-6-3-9-23(16)11-17(24)21-13-4-1-2-5-13/h7-8,10,13,16H,1-6,9,11H2,(H,21,24)(H,22,25)/t16-/m0/s1. The van der Waals surface area contributed by atoms with E-state index in [1.54, 1.807) is 18.2 Å². The molecule has 3 rings (SSSR count). The number of likely N-dealkylation sites (tertiary alicyclic amines) is 1. The molecule has 2 aliphatic rings. The first-order valence-corrected chi connectivity index (χ1v) is 9.58. The first kappa shape index (κ1) is 18.5. The van der Waals surface area contributed by atoms with E-state index in [0.29, 0.717) is 21.8 Å². The van der Waals surface area contributed by atoms with Crippen LogP contribution in [0.25, 0.3) is 0 Å². The SMILES string of the molecule is O=C(CN1CCC[C@H]1C(=O)Nc1ccc(Cl)cc1Cl)NC1CCCC1. The molecule has 0 spiro atoms. The monoisotopic (exact) mass is 383 g/mol. The Balaban J connectivity index is 1.56. The van der Waals surface area contributed by atoms with E-state index >= 15 is 0 Å². The van der Waals surface area contributed by atoms with Gasteiger partial charge in [-0.3, -0.25) is 14.5 Å². The number of carbonyl (C=O) groups is 2. The smallest absolute Gasteiger partial charge is 0.241 e. The molecule has 1 aliphatic carbocycles. The van der Waals surface area contributed by atoms with Crippen molar-refractivity contribution in [1.82, 2.24) is 10.2 Å². The minimum atomic E-state index is -0.305. The zero-order valence-corrected chi connectivity index (χ0v) is 15.6. The summed E-state index contributed by atoms with van der Waals surface area (Å²) in [7, 11) is 0. The van der Waals surface area contributed by atoms with E-state index in [9.17, 15) is 9.59 Å². The molecule has 0 unspecified atom stereocenters. The molecule has 1 heterocycles. The highest BCUT2D eigenvalue weighted by Gasteiger charge is 2.32. The molecule has 2 N–H and O–H groups in total. The molecule has 7 heteroatoms. The molecular weight excluding hydrogens is 361 g/mol. The second-order valence-electron chi connectivity index (χ2n) is 6.79. The fourth-order valence-electron chi connectivity index (χ4n) is 3.65. The van der Waals surface area contributed by atoms with Crippen LogP contribution in [0.5, 0.6) is 0 Å². The zero-order chi connectivity index (χ0) is 17.8. The topological polar surface area (TPSA) is 61.4 Å². The van der Waals surface area contributed by atoms with Crippen LogP contribution in [0.15, 0.2) is 18.2 Å². The Morgan fingerprint density at radius 2 is 1.88 bits per heavy atom. The zero-order valence-electron chi connectivity index (χ0n) is 14.1. The molecule has 1 atom stereocenters. The Morgan fingerprint density at radius 3 is 2.60 bits per heavy atom. The molecule has 2 amide bonds. The Labute approximate surface area is 158 Å². The van der Waals surface area contributed by atoms with Crippen molar-refractivity contribution in [1.29, 1.82) is 0 Å².